The van der Waals surface area contributed by atoms with Crippen molar-refractivity contribution in [3.63, 3.8) is 0 Å². The lowest BCUT2D eigenvalue weighted by Gasteiger charge is -2.34. The second-order valence-electron chi connectivity index (χ2n) is 5.57. The third-order valence-corrected chi connectivity index (χ3v) is 5.04. The van der Waals surface area contributed by atoms with Crippen LogP contribution in [0.25, 0.3) is 10.2 Å². The number of nitrogens with one attached hydrogen (secondary N) is 1. The number of aromatic nitrogens is 1. The molecule has 1 unspecified atom stereocenters. The number of para-hydroxylation sites is 1. The molecule has 1 aromatic carbocycles. The number of carbonyl (C=O) groups excluding carboxylic acids is 1. The zero-order valence-electron chi connectivity index (χ0n) is 13.2. The lowest BCUT2D eigenvalue weighted by molar-refractivity contribution is -0.134. The van der Waals surface area contributed by atoms with E-state index in [1.807, 2.05) is 23.1 Å². The maximum atomic E-state index is 12.3. The Balaban J connectivity index is 0.00000132. The molecule has 2 heterocycles. The van der Waals surface area contributed by atoms with E-state index in [1.165, 1.54) is 4.70 Å². The molecule has 0 radical (unpaired) electrons. The Labute approximate surface area is 153 Å². The summed E-state index contributed by atoms with van der Waals surface area (Å²) in [6.45, 7) is 4.76. The van der Waals surface area contributed by atoms with Crippen molar-refractivity contribution in [2.45, 2.75) is 32.2 Å². The minimum Gasteiger partial charge on any atom is -0.337 e. The van der Waals surface area contributed by atoms with E-state index in [9.17, 15) is 4.79 Å². The van der Waals surface area contributed by atoms with E-state index < -0.39 is 0 Å². The van der Waals surface area contributed by atoms with Crippen LogP contribution in [0.4, 0.5) is 0 Å². The van der Waals surface area contributed by atoms with E-state index in [1.54, 1.807) is 11.3 Å². The van der Waals surface area contributed by atoms with Gasteiger partial charge in [0.05, 0.1) is 15.2 Å². The van der Waals surface area contributed by atoms with Crippen LogP contribution in [-0.2, 0) is 11.2 Å². The molecule has 1 aromatic heterocycles. The number of hydrogen-bond acceptors (Lipinski definition) is 4. The molecule has 1 N–H and O–H groups in total. The highest BCUT2D eigenvalue weighted by Crippen LogP contribution is 2.22. The quantitative estimate of drug-likeness (QED) is 0.891. The van der Waals surface area contributed by atoms with Crippen LogP contribution in [0, 0.1) is 0 Å². The summed E-state index contributed by atoms with van der Waals surface area (Å²) < 4.78 is 1.23. The van der Waals surface area contributed by atoms with E-state index in [-0.39, 0.29) is 30.7 Å². The van der Waals surface area contributed by atoms with E-state index in [2.05, 4.69) is 23.3 Å². The second-order valence-corrected chi connectivity index (χ2v) is 6.68. The summed E-state index contributed by atoms with van der Waals surface area (Å²) in [7, 11) is 0. The molecule has 1 amide bonds. The molecular formula is C16H23Cl2N3OS. The Hall–Kier alpha value is -0.880. The molecular weight excluding hydrogens is 353 g/mol. The van der Waals surface area contributed by atoms with Crippen LogP contribution in [0.2, 0.25) is 0 Å². The van der Waals surface area contributed by atoms with Gasteiger partial charge in [-0.3, -0.25) is 4.79 Å². The Kier molecular flexibility index (Phi) is 8.26. The molecule has 3 rings (SSSR count). The molecule has 1 aliphatic rings. The Morgan fingerprint density at radius 3 is 2.91 bits per heavy atom. The fraction of sp³-hybridized carbons (Fsp3) is 0.500. The van der Waals surface area contributed by atoms with Crippen LogP contribution in [0.1, 0.15) is 24.8 Å². The molecule has 1 saturated heterocycles. The highest BCUT2D eigenvalue weighted by Gasteiger charge is 2.22. The highest BCUT2D eigenvalue weighted by molar-refractivity contribution is 7.18. The van der Waals surface area contributed by atoms with Crippen LogP contribution in [-0.4, -0.2) is 41.5 Å². The van der Waals surface area contributed by atoms with Crippen LogP contribution in [0.3, 0.4) is 0 Å². The van der Waals surface area contributed by atoms with E-state index >= 15 is 0 Å². The van der Waals surface area contributed by atoms with Crippen molar-refractivity contribution < 1.29 is 4.79 Å². The molecule has 128 valence electrons. The molecule has 1 aliphatic heterocycles. The number of thiazole rings is 1. The van der Waals surface area contributed by atoms with Crippen LogP contribution in [0.5, 0.6) is 0 Å². The summed E-state index contributed by atoms with van der Waals surface area (Å²) in [6, 6.07) is 8.52. The molecule has 0 spiro atoms. The van der Waals surface area contributed by atoms with Crippen molar-refractivity contribution in [3.8, 4) is 0 Å². The number of piperazine rings is 1. The van der Waals surface area contributed by atoms with Crippen LogP contribution >= 0.6 is 36.2 Å². The zero-order valence-corrected chi connectivity index (χ0v) is 15.6. The zero-order chi connectivity index (χ0) is 14.7. The van der Waals surface area contributed by atoms with Crippen LogP contribution in [0.15, 0.2) is 24.3 Å². The molecule has 0 saturated carbocycles. The van der Waals surface area contributed by atoms with E-state index in [0.29, 0.717) is 12.5 Å². The van der Waals surface area contributed by atoms with Gasteiger partial charge in [0.25, 0.3) is 0 Å². The Bertz CT molecular complexity index is 602. The van der Waals surface area contributed by atoms with Gasteiger partial charge >= 0.3 is 0 Å². The van der Waals surface area contributed by atoms with Gasteiger partial charge in [0.15, 0.2) is 0 Å². The Morgan fingerprint density at radius 1 is 1.39 bits per heavy atom. The van der Waals surface area contributed by atoms with Crippen molar-refractivity contribution >= 4 is 52.3 Å². The van der Waals surface area contributed by atoms with Gasteiger partial charge in [-0.25, -0.2) is 4.98 Å². The highest BCUT2D eigenvalue weighted by atomic mass is 35.5. The maximum Gasteiger partial charge on any atom is 0.222 e. The number of carbonyl (C=O) groups is 1. The van der Waals surface area contributed by atoms with Gasteiger partial charge in [-0.2, -0.15) is 0 Å². The van der Waals surface area contributed by atoms with E-state index in [0.717, 1.165) is 43.0 Å². The lowest BCUT2D eigenvalue weighted by atomic mass is 10.1. The molecule has 7 heteroatoms. The van der Waals surface area contributed by atoms with Crippen molar-refractivity contribution in [2.75, 3.05) is 19.6 Å². The van der Waals surface area contributed by atoms with Crippen LogP contribution < -0.4 is 5.32 Å². The second kappa shape index (κ2) is 9.42. The summed E-state index contributed by atoms with van der Waals surface area (Å²) >= 11 is 1.74. The van der Waals surface area contributed by atoms with E-state index in [4.69, 9.17) is 0 Å². The first-order valence-electron chi connectivity index (χ1n) is 7.58. The minimum absolute atomic E-state index is 0. The summed E-state index contributed by atoms with van der Waals surface area (Å²) in [5, 5.41) is 4.45. The summed E-state index contributed by atoms with van der Waals surface area (Å²) in [5.74, 6) is 0.283. The van der Waals surface area contributed by atoms with Gasteiger partial charge in [-0.1, -0.05) is 12.1 Å². The van der Waals surface area contributed by atoms with Crippen molar-refractivity contribution in [2.24, 2.45) is 0 Å². The SMILES string of the molecule is CC1CNCCN1C(=O)CCCc1nc2ccccc2s1.Cl.Cl. The molecule has 0 bridgehead atoms. The van der Waals surface area contributed by atoms with Crippen molar-refractivity contribution in [3.05, 3.63) is 29.3 Å². The third kappa shape index (κ3) is 5.05. The average molecular weight is 376 g/mol. The third-order valence-electron chi connectivity index (χ3n) is 3.94. The molecule has 2 aromatic rings. The first-order chi connectivity index (χ1) is 10.2. The predicted molar refractivity (Wildman–Crippen MR) is 101 cm³/mol. The summed E-state index contributed by atoms with van der Waals surface area (Å²) in [5.41, 5.74) is 1.07. The van der Waals surface area contributed by atoms with Gasteiger partial charge in [0.1, 0.15) is 0 Å². The number of aryl methyl sites for hydroxylation is 1. The van der Waals surface area contributed by atoms with Gasteiger partial charge < -0.3 is 10.2 Å². The standard InChI is InChI=1S/C16H21N3OS.2ClH/c1-12-11-17-9-10-19(12)16(20)8-4-7-15-18-13-5-2-3-6-14(13)21-15;;/h2-3,5-6,12,17H,4,7-11H2,1H3;2*1H. The number of fused-ring (bicyclic) bond motifs is 1. The molecule has 4 nitrogen and oxygen atoms in total. The smallest absolute Gasteiger partial charge is 0.222 e. The number of hydrogen-bond donors (Lipinski definition) is 1. The van der Waals surface area contributed by atoms with Crippen molar-refractivity contribution in [1.29, 1.82) is 0 Å². The molecule has 1 atom stereocenters. The first kappa shape index (κ1) is 20.2. The largest absolute Gasteiger partial charge is 0.337 e. The maximum absolute atomic E-state index is 12.3. The monoisotopic (exact) mass is 375 g/mol. The first-order valence-corrected chi connectivity index (χ1v) is 8.40. The summed E-state index contributed by atoms with van der Waals surface area (Å²) in [6.07, 6.45) is 2.40. The van der Waals surface area contributed by atoms with Gasteiger partial charge in [0, 0.05) is 32.1 Å². The average Bonchev–Trinajstić information content (AvgIpc) is 2.90. The van der Waals surface area contributed by atoms with Gasteiger partial charge in [-0.15, -0.1) is 36.2 Å². The fourth-order valence-corrected chi connectivity index (χ4v) is 3.78. The Morgan fingerprint density at radius 2 is 2.17 bits per heavy atom. The summed E-state index contributed by atoms with van der Waals surface area (Å²) in [4.78, 5) is 18.9. The minimum atomic E-state index is 0. The topological polar surface area (TPSA) is 45.2 Å². The number of amides is 1. The normalized spacial score (nSPS) is 17.4. The van der Waals surface area contributed by atoms with Gasteiger partial charge in [-0.05, 0) is 31.9 Å². The lowest BCUT2D eigenvalue weighted by Crippen LogP contribution is -2.52. The fourth-order valence-electron chi connectivity index (χ4n) is 2.77. The van der Waals surface area contributed by atoms with Gasteiger partial charge in [0.2, 0.25) is 5.91 Å². The number of rotatable bonds is 4. The molecule has 0 aliphatic carbocycles. The van der Waals surface area contributed by atoms with Crippen molar-refractivity contribution in [1.82, 2.24) is 15.2 Å². The number of benzene rings is 1. The number of nitrogens with zero attached hydrogens (tertiary/aromatic N) is 2. The predicted octanol–water partition coefficient (Wildman–Crippen LogP) is 3.28. The molecule has 1 fully saturated rings. The molecule has 23 heavy (non-hydrogen) atoms. The number of halogens is 2.